The summed E-state index contributed by atoms with van der Waals surface area (Å²) < 4.78 is 0. The Labute approximate surface area is 87.2 Å². The minimum atomic E-state index is 0.443. The monoisotopic (exact) mass is 200 g/mol. The fourth-order valence-corrected chi connectivity index (χ4v) is 1.83. The van der Waals surface area contributed by atoms with Gasteiger partial charge in [-0.2, -0.15) is 0 Å². The molecule has 4 nitrogen and oxygen atoms in total. The van der Waals surface area contributed by atoms with Crippen LogP contribution in [0.4, 0.5) is 0 Å². The van der Waals surface area contributed by atoms with Crippen molar-refractivity contribution in [2.45, 2.75) is 25.3 Å². The van der Waals surface area contributed by atoms with E-state index < -0.39 is 0 Å². The maximum atomic E-state index is 5.84. The van der Waals surface area contributed by atoms with Crippen LogP contribution in [-0.4, -0.2) is 55.7 Å². The van der Waals surface area contributed by atoms with Gasteiger partial charge in [0.15, 0.2) is 0 Å². The van der Waals surface area contributed by atoms with Gasteiger partial charge in [0.1, 0.15) is 0 Å². The normalized spacial score (nSPS) is 20.6. The first kappa shape index (κ1) is 11.9. The van der Waals surface area contributed by atoms with Gasteiger partial charge in [0.2, 0.25) is 0 Å². The van der Waals surface area contributed by atoms with Gasteiger partial charge in [-0.25, -0.2) is 0 Å². The van der Waals surface area contributed by atoms with E-state index in [1.807, 2.05) is 0 Å². The van der Waals surface area contributed by atoms with E-state index in [0.29, 0.717) is 12.7 Å². The van der Waals surface area contributed by atoms with Gasteiger partial charge in [-0.15, -0.1) is 0 Å². The Kier molecular flexibility index (Phi) is 5.40. The van der Waals surface area contributed by atoms with Crippen LogP contribution >= 0.6 is 0 Å². The summed E-state index contributed by atoms with van der Waals surface area (Å²) in [5.41, 5.74) is 11.3. The molecule has 1 rings (SSSR count). The molecule has 0 aromatic carbocycles. The Morgan fingerprint density at radius 2 is 2.00 bits per heavy atom. The molecule has 1 heterocycles. The summed E-state index contributed by atoms with van der Waals surface area (Å²) in [6.45, 7) is 5.29. The molecule has 0 radical (unpaired) electrons. The Bertz CT molecular complexity index is 143. The molecule has 0 amide bonds. The molecular weight excluding hydrogens is 176 g/mol. The van der Waals surface area contributed by atoms with Crippen molar-refractivity contribution in [3.63, 3.8) is 0 Å². The second kappa shape index (κ2) is 6.35. The summed E-state index contributed by atoms with van der Waals surface area (Å²) in [5, 5.41) is 0. The Morgan fingerprint density at radius 1 is 1.36 bits per heavy atom. The van der Waals surface area contributed by atoms with E-state index in [-0.39, 0.29) is 0 Å². The molecule has 0 aromatic heterocycles. The first-order valence-electron chi connectivity index (χ1n) is 5.59. The lowest BCUT2D eigenvalue weighted by molar-refractivity contribution is 0.200. The van der Waals surface area contributed by atoms with Crippen molar-refractivity contribution in [2.24, 2.45) is 11.5 Å². The predicted octanol–water partition coefficient (Wildman–Crippen LogP) is -0.352. The van der Waals surface area contributed by atoms with E-state index in [9.17, 15) is 0 Å². The second-order valence-corrected chi connectivity index (χ2v) is 4.29. The topological polar surface area (TPSA) is 58.5 Å². The minimum Gasteiger partial charge on any atom is -0.328 e. The van der Waals surface area contributed by atoms with E-state index in [4.69, 9.17) is 11.5 Å². The average molecular weight is 200 g/mol. The number of likely N-dealkylation sites (tertiary alicyclic amines) is 1. The SMILES string of the molecule is CN(CN)CCCN1CCC(N)CC1. The van der Waals surface area contributed by atoms with Gasteiger partial charge < -0.3 is 16.4 Å². The molecule has 0 spiro atoms. The molecule has 4 heteroatoms. The average Bonchev–Trinajstić information content (AvgIpc) is 2.21. The molecular formula is C10H24N4. The van der Waals surface area contributed by atoms with Crippen molar-refractivity contribution >= 4 is 0 Å². The smallest absolute Gasteiger partial charge is 0.0452 e. The van der Waals surface area contributed by atoms with E-state index in [1.165, 1.54) is 26.1 Å². The molecule has 0 unspecified atom stereocenters. The molecule has 1 aliphatic heterocycles. The zero-order valence-corrected chi connectivity index (χ0v) is 9.28. The molecule has 0 saturated carbocycles. The van der Waals surface area contributed by atoms with Crippen molar-refractivity contribution in [1.29, 1.82) is 0 Å². The lowest BCUT2D eigenvalue weighted by Gasteiger charge is -2.30. The Hall–Kier alpha value is -0.160. The fourth-order valence-electron chi connectivity index (χ4n) is 1.83. The highest BCUT2D eigenvalue weighted by atomic mass is 15.2. The molecule has 1 fully saturated rings. The standard InChI is InChI=1S/C10H24N4/c1-13(9-11)5-2-6-14-7-3-10(12)4-8-14/h10H,2-9,11-12H2,1H3. The highest BCUT2D eigenvalue weighted by molar-refractivity contribution is 4.73. The van der Waals surface area contributed by atoms with Gasteiger partial charge in [0.25, 0.3) is 0 Å². The second-order valence-electron chi connectivity index (χ2n) is 4.29. The molecule has 84 valence electrons. The maximum Gasteiger partial charge on any atom is 0.0452 e. The van der Waals surface area contributed by atoms with Crippen LogP contribution in [0.1, 0.15) is 19.3 Å². The number of rotatable bonds is 5. The molecule has 0 aromatic rings. The summed E-state index contributed by atoms with van der Waals surface area (Å²) in [6, 6.07) is 0.443. The molecule has 1 saturated heterocycles. The van der Waals surface area contributed by atoms with Gasteiger partial charge in [-0.3, -0.25) is 4.90 Å². The highest BCUT2D eigenvalue weighted by Crippen LogP contribution is 2.08. The highest BCUT2D eigenvalue weighted by Gasteiger charge is 2.14. The summed E-state index contributed by atoms with van der Waals surface area (Å²) in [5.74, 6) is 0. The van der Waals surface area contributed by atoms with E-state index >= 15 is 0 Å². The van der Waals surface area contributed by atoms with Crippen molar-refractivity contribution in [3.05, 3.63) is 0 Å². The number of nitrogens with two attached hydrogens (primary N) is 2. The van der Waals surface area contributed by atoms with Crippen molar-refractivity contribution in [1.82, 2.24) is 9.80 Å². The zero-order valence-electron chi connectivity index (χ0n) is 9.28. The molecule has 4 N–H and O–H groups in total. The van der Waals surface area contributed by atoms with Crippen molar-refractivity contribution < 1.29 is 0 Å². The van der Waals surface area contributed by atoms with Crippen molar-refractivity contribution in [3.8, 4) is 0 Å². The Morgan fingerprint density at radius 3 is 2.57 bits per heavy atom. The number of piperidine rings is 1. The fraction of sp³-hybridized carbons (Fsp3) is 1.00. The number of nitrogens with zero attached hydrogens (tertiary/aromatic N) is 2. The van der Waals surface area contributed by atoms with E-state index in [2.05, 4.69) is 16.8 Å². The van der Waals surface area contributed by atoms with Gasteiger partial charge in [-0.05, 0) is 45.9 Å². The first-order valence-corrected chi connectivity index (χ1v) is 5.59. The van der Waals surface area contributed by atoms with Crippen LogP contribution in [0, 0.1) is 0 Å². The van der Waals surface area contributed by atoms with Gasteiger partial charge >= 0.3 is 0 Å². The molecule has 14 heavy (non-hydrogen) atoms. The van der Waals surface area contributed by atoms with E-state index in [0.717, 1.165) is 19.4 Å². The third kappa shape index (κ3) is 4.37. The predicted molar refractivity (Wildman–Crippen MR) is 60.0 cm³/mol. The molecule has 0 bridgehead atoms. The molecule has 1 aliphatic rings. The lowest BCUT2D eigenvalue weighted by Crippen LogP contribution is -2.40. The van der Waals surface area contributed by atoms with Crippen LogP contribution in [0.25, 0.3) is 0 Å². The van der Waals surface area contributed by atoms with Crippen LogP contribution in [-0.2, 0) is 0 Å². The quantitative estimate of drug-likeness (QED) is 0.596. The molecule has 0 aliphatic carbocycles. The van der Waals surface area contributed by atoms with Gasteiger partial charge in [0, 0.05) is 19.3 Å². The number of hydrogen-bond acceptors (Lipinski definition) is 4. The van der Waals surface area contributed by atoms with Gasteiger partial charge in [0.05, 0.1) is 0 Å². The molecule has 0 atom stereocenters. The summed E-state index contributed by atoms with van der Waals surface area (Å²) in [6.07, 6.45) is 3.53. The lowest BCUT2D eigenvalue weighted by atomic mass is 10.1. The number of hydrogen-bond donors (Lipinski definition) is 2. The maximum absolute atomic E-state index is 5.84. The third-order valence-electron chi connectivity index (χ3n) is 2.96. The summed E-state index contributed by atoms with van der Waals surface area (Å²) in [7, 11) is 2.06. The van der Waals surface area contributed by atoms with Crippen LogP contribution in [0.3, 0.4) is 0 Å². The van der Waals surface area contributed by atoms with Gasteiger partial charge in [-0.1, -0.05) is 0 Å². The van der Waals surface area contributed by atoms with Crippen LogP contribution < -0.4 is 11.5 Å². The third-order valence-corrected chi connectivity index (χ3v) is 2.96. The van der Waals surface area contributed by atoms with Crippen LogP contribution in [0.2, 0.25) is 0 Å². The Balaban J connectivity index is 2.02. The first-order chi connectivity index (χ1) is 6.72. The zero-order chi connectivity index (χ0) is 10.4. The van der Waals surface area contributed by atoms with Crippen LogP contribution in [0.15, 0.2) is 0 Å². The van der Waals surface area contributed by atoms with Crippen molar-refractivity contribution in [2.75, 3.05) is 39.9 Å². The van der Waals surface area contributed by atoms with E-state index in [1.54, 1.807) is 0 Å². The summed E-state index contributed by atoms with van der Waals surface area (Å²) >= 11 is 0. The summed E-state index contributed by atoms with van der Waals surface area (Å²) in [4.78, 5) is 4.66. The minimum absolute atomic E-state index is 0.443. The largest absolute Gasteiger partial charge is 0.328 e. The van der Waals surface area contributed by atoms with Crippen LogP contribution in [0.5, 0.6) is 0 Å².